The number of nitrogens with one attached hydrogen (secondary N) is 1. The van der Waals surface area contributed by atoms with Crippen molar-refractivity contribution in [3.63, 3.8) is 0 Å². The summed E-state index contributed by atoms with van der Waals surface area (Å²) in [5, 5.41) is 1.75. The molecule has 0 aliphatic carbocycles. The van der Waals surface area contributed by atoms with Crippen molar-refractivity contribution < 1.29 is 35.3 Å². The summed E-state index contributed by atoms with van der Waals surface area (Å²) in [7, 11) is -5.76. The Kier molecular flexibility index (Phi) is 7.22. The molecular weight excluding hydrogens is 559 g/mol. The number of aromatic nitrogens is 2. The van der Waals surface area contributed by atoms with Gasteiger partial charge >= 0.3 is 21.7 Å². The Morgan fingerprint density at radius 3 is 2.24 bits per heavy atom. The molecule has 1 aliphatic heterocycles. The second-order valence-corrected chi connectivity index (χ2v) is 12.3. The van der Waals surface area contributed by atoms with Crippen molar-refractivity contribution in [3.8, 4) is 28.1 Å². The van der Waals surface area contributed by atoms with Crippen LogP contribution in [0.4, 0.5) is 18.0 Å². The first-order chi connectivity index (χ1) is 19.2. The van der Waals surface area contributed by atoms with Gasteiger partial charge in [0, 0.05) is 18.3 Å². The number of amides is 1. The molecule has 8 nitrogen and oxygen atoms in total. The van der Waals surface area contributed by atoms with E-state index in [1.54, 1.807) is 11.1 Å². The molecule has 1 fully saturated rings. The maximum Gasteiger partial charge on any atom is 0.534 e. The van der Waals surface area contributed by atoms with E-state index in [4.69, 9.17) is 9.72 Å². The molecule has 0 saturated carbocycles. The minimum Gasteiger partial charge on any atom is -0.444 e. The van der Waals surface area contributed by atoms with Gasteiger partial charge in [0.05, 0.1) is 11.7 Å². The van der Waals surface area contributed by atoms with Gasteiger partial charge in [0.15, 0.2) is 0 Å². The molecule has 4 aromatic rings. The zero-order valence-corrected chi connectivity index (χ0v) is 23.3. The summed E-state index contributed by atoms with van der Waals surface area (Å²) in [4.78, 5) is 22.5. The summed E-state index contributed by atoms with van der Waals surface area (Å²) < 4.78 is 70.5. The standard InChI is InChI=1S/C29H28F3N3O5S/c1-28(2,3)39-27(36)35-16-6-9-25(35)26-33-17-24(34-26)23-15-14-20(21-7-4-5-8-22(21)23)18-10-12-19(13-11-18)40-41(37,38)29(30,31)32/h4-5,7-8,10-15,17,25H,6,9,16H2,1-3H3,(H,33,34)/t25-/m0/s1. The van der Waals surface area contributed by atoms with Crippen LogP contribution in [-0.4, -0.2) is 47.0 Å². The van der Waals surface area contributed by atoms with Gasteiger partial charge in [-0.25, -0.2) is 9.78 Å². The molecule has 12 heteroatoms. The highest BCUT2D eigenvalue weighted by Gasteiger charge is 2.48. The van der Waals surface area contributed by atoms with E-state index in [1.165, 1.54) is 24.3 Å². The summed E-state index contributed by atoms with van der Waals surface area (Å²) in [5.41, 5.74) is -3.13. The third-order valence-corrected chi connectivity index (χ3v) is 7.63. The van der Waals surface area contributed by atoms with Crippen molar-refractivity contribution in [2.75, 3.05) is 6.54 Å². The van der Waals surface area contributed by atoms with Crippen molar-refractivity contribution in [3.05, 3.63) is 72.7 Å². The van der Waals surface area contributed by atoms with Gasteiger partial charge in [0.25, 0.3) is 0 Å². The van der Waals surface area contributed by atoms with Crippen molar-refractivity contribution in [1.82, 2.24) is 14.9 Å². The largest absolute Gasteiger partial charge is 0.534 e. The highest BCUT2D eigenvalue weighted by atomic mass is 32.2. The van der Waals surface area contributed by atoms with E-state index >= 15 is 0 Å². The van der Waals surface area contributed by atoms with Crippen molar-refractivity contribution in [2.45, 2.75) is 50.8 Å². The second-order valence-electron chi connectivity index (χ2n) is 10.7. The van der Waals surface area contributed by atoms with Gasteiger partial charge in [0.2, 0.25) is 0 Å². The zero-order chi connectivity index (χ0) is 29.6. The number of hydrogen-bond donors (Lipinski definition) is 1. The van der Waals surface area contributed by atoms with Crippen molar-refractivity contribution >= 4 is 27.0 Å². The lowest BCUT2D eigenvalue weighted by Gasteiger charge is -2.27. The summed E-state index contributed by atoms with van der Waals surface area (Å²) >= 11 is 0. The number of ether oxygens (including phenoxy) is 1. The van der Waals surface area contributed by atoms with Gasteiger partial charge in [-0.15, -0.1) is 0 Å². The summed E-state index contributed by atoms with van der Waals surface area (Å²) in [6.45, 7) is 6.07. The number of fused-ring (bicyclic) bond motifs is 1. The van der Waals surface area contributed by atoms with Crippen LogP contribution in [0.5, 0.6) is 5.75 Å². The number of rotatable bonds is 5. The van der Waals surface area contributed by atoms with Gasteiger partial charge in [-0.05, 0) is 67.6 Å². The van der Waals surface area contributed by atoms with E-state index in [9.17, 15) is 26.4 Å². The van der Waals surface area contributed by atoms with E-state index < -0.39 is 27.0 Å². The fourth-order valence-corrected chi connectivity index (χ4v) is 5.33. The fraction of sp³-hybridized carbons (Fsp3) is 0.310. The Bertz CT molecular complexity index is 1690. The van der Waals surface area contributed by atoms with Crippen LogP contribution in [0.25, 0.3) is 33.2 Å². The Morgan fingerprint density at radius 1 is 0.976 bits per heavy atom. The van der Waals surface area contributed by atoms with Gasteiger partial charge in [-0.2, -0.15) is 21.6 Å². The van der Waals surface area contributed by atoms with Crippen LogP contribution in [0.2, 0.25) is 0 Å². The number of likely N-dealkylation sites (tertiary alicyclic amines) is 1. The van der Waals surface area contributed by atoms with E-state index in [1.807, 2.05) is 57.2 Å². The molecule has 1 N–H and O–H groups in total. The average molecular weight is 588 g/mol. The van der Waals surface area contributed by atoms with Crippen LogP contribution in [0.15, 0.2) is 66.9 Å². The third kappa shape index (κ3) is 5.88. The van der Waals surface area contributed by atoms with Crippen molar-refractivity contribution in [1.29, 1.82) is 0 Å². The molecule has 5 rings (SSSR count). The maximum atomic E-state index is 12.8. The molecule has 41 heavy (non-hydrogen) atoms. The Hall–Kier alpha value is -4.06. The molecule has 1 amide bonds. The summed E-state index contributed by atoms with van der Waals surface area (Å²) in [6, 6.07) is 16.5. The maximum absolute atomic E-state index is 12.8. The molecule has 1 aliphatic rings. The number of carbonyl (C=O) groups is 1. The van der Waals surface area contributed by atoms with Gasteiger partial charge in [-0.1, -0.05) is 48.5 Å². The first kappa shape index (κ1) is 28.5. The number of alkyl halides is 3. The van der Waals surface area contributed by atoms with E-state index in [-0.39, 0.29) is 12.1 Å². The summed E-state index contributed by atoms with van der Waals surface area (Å²) in [5.74, 6) is 0.226. The zero-order valence-electron chi connectivity index (χ0n) is 22.5. The van der Waals surface area contributed by atoms with Crippen LogP contribution in [0, 0.1) is 0 Å². The average Bonchev–Trinajstić information content (AvgIpc) is 3.57. The molecule has 0 spiro atoms. The highest BCUT2D eigenvalue weighted by molar-refractivity contribution is 7.88. The molecule has 0 bridgehead atoms. The minimum atomic E-state index is -5.76. The van der Waals surface area contributed by atoms with Gasteiger partial charge in [-0.3, -0.25) is 4.90 Å². The Balaban J connectivity index is 1.44. The second kappa shape index (κ2) is 10.4. The van der Waals surface area contributed by atoms with Crippen LogP contribution >= 0.6 is 0 Å². The molecule has 0 radical (unpaired) electrons. The third-order valence-electron chi connectivity index (χ3n) is 6.65. The monoisotopic (exact) mass is 587 g/mol. The molecule has 0 unspecified atom stereocenters. The molecule has 216 valence electrons. The molecule has 1 saturated heterocycles. The Labute approximate surface area is 235 Å². The van der Waals surface area contributed by atoms with Crippen LogP contribution in [0.3, 0.4) is 0 Å². The lowest BCUT2D eigenvalue weighted by Crippen LogP contribution is -2.36. The quantitative estimate of drug-likeness (QED) is 0.196. The van der Waals surface area contributed by atoms with Crippen LogP contribution < -0.4 is 4.18 Å². The smallest absolute Gasteiger partial charge is 0.444 e. The highest BCUT2D eigenvalue weighted by Crippen LogP contribution is 2.38. The number of hydrogen-bond acceptors (Lipinski definition) is 6. The van der Waals surface area contributed by atoms with Gasteiger partial charge in [0.1, 0.15) is 17.2 Å². The molecule has 2 heterocycles. The Morgan fingerprint density at radius 2 is 1.61 bits per heavy atom. The van der Waals surface area contributed by atoms with Gasteiger partial charge < -0.3 is 13.9 Å². The number of imidazole rings is 1. The van der Waals surface area contributed by atoms with Crippen molar-refractivity contribution in [2.24, 2.45) is 0 Å². The fourth-order valence-electron chi connectivity index (χ4n) is 4.87. The number of carbonyl (C=O) groups excluding carboxylic acids is 1. The lowest BCUT2D eigenvalue weighted by molar-refractivity contribution is -0.0500. The number of H-pyrrole nitrogens is 1. The minimum absolute atomic E-state index is 0.231. The van der Waals surface area contributed by atoms with E-state index in [2.05, 4.69) is 9.17 Å². The predicted molar refractivity (Wildman–Crippen MR) is 147 cm³/mol. The topological polar surface area (TPSA) is 102 Å². The van der Waals surface area contributed by atoms with E-state index in [0.29, 0.717) is 23.6 Å². The number of aromatic amines is 1. The van der Waals surface area contributed by atoms with Crippen LogP contribution in [0.1, 0.15) is 45.5 Å². The predicted octanol–water partition coefficient (Wildman–Crippen LogP) is 7.20. The SMILES string of the molecule is CC(C)(C)OC(=O)N1CCC[C@H]1c1nc(-c2ccc(-c3ccc(OS(=O)(=O)C(F)(F)F)cc3)c3ccccc23)c[nH]1. The normalized spacial score (nSPS) is 16.2. The molecule has 1 atom stereocenters. The summed E-state index contributed by atoms with van der Waals surface area (Å²) in [6.07, 6.45) is 3.02. The lowest BCUT2D eigenvalue weighted by atomic mass is 9.94. The number of nitrogens with zero attached hydrogens (tertiary/aromatic N) is 2. The number of benzene rings is 3. The first-order valence-corrected chi connectivity index (χ1v) is 14.3. The first-order valence-electron chi connectivity index (χ1n) is 12.9. The molecule has 1 aromatic heterocycles. The number of halogens is 3. The van der Waals surface area contributed by atoms with Crippen LogP contribution in [-0.2, 0) is 14.9 Å². The molecule has 3 aromatic carbocycles. The molecular formula is C29H28F3N3O5S. The van der Waals surface area contributed by atoms with E-state index in [0.717, 1.165) is 34.7 Å².